The minimum atomic E-state index is -0.468. The summed E-state index contributed by atoms with van der Waals surface area (Å²) in [4.78, 5) is 0. The van der Waals surface area contributed by atoms with Crippen molar-refractivity contribution >= 4 is 9.04 Å². The minimum Gasteiger partial charge on any atom is -0.417 e. The molecule has 2 heteroatoms. The molecule has 0 atom stereocenters. The van der Waals surface area contributed by atoms with Gasteiger partial charge in [0, 0.05) is 6.61 Å². The Morgan fingerprint density at radius 2 is 1.18 bits per heavy atom. The van der Waals surface area contributed by atoms with Crippen LogP contribution >= 0.6 is 0 Å². The van der Waals surface area contributed by atoms with Crippen molar-refractivity contribution in [2.75, 3.05) is 6.61 Å². The van der Waals surface area contributed by atoms with E-state index in [1.807, 2.05) is 0 Å². The molecule has 0 aromatic carbocycles. The molecule has 103 valence electrons. The number of unbranched alkanes of at least 4 members (excludes halogenated alkanes) is 6. The average molecular weight is 258 g/mol. The zero-order valence-electron chi connectivity index (χ0n) is 12.4. The molecular formula is C15H33OSi. The van der Waals surface area contributed by atoms with Gasteiger partial charge in [-0.1, -0.05) is 72.1 Å². The van der Waals surface area contributed by atoms with Gasteiger partial charge in [-0.15, -0.1) is 0 Å². The predicted molar refractivity (Wildman–Crippen MR) is 79.9 cm³/mol. The lowest BCUT2D eigenvalue weighted by molar-refractivity contribution is 0.315. The van der Waals surface area contributed by atoms with Gasteiger partial charge in [-0.3, -0.25) is 0 Å². The Morgan fingerprint density at radius 3 is 1.59 bits per heavy atom. The third-order valence-electron chi connectivity index (χ3n) is 3.13. The highest BCUT2D eigenvalue weighted by molar-refractivity contribution is 6.51. The van der Waals surface area contributed by atoms with E-state index in [9.17, 15) is 0 Å². The summed E-state index contributed by atoms with van der Waals surface area (Å²) in [5.41, 5.74) is 0. The second-order valence-corrected chi connectivity index (χ2v) is 7.37. The van der Waals surface area contributed by atoms with Gasteiger partial charge >= 0.3 is 0 Å². The molecule has 0 spiro atoms. The van der Waals surface area contributed by atoms with Crippen molar-refractivity contribution in [1.82, 2.24) is 0 Å². The van der Waals surface area contributed by atoms with Gasteiger partial charge in [0.15, 0.2) is 0 Å². The summed E-state index contributed by atoms with van der Waals surface area (Å²) >= 11 is 0. The molecule has 0 unspecified atom stereocenters. The molecule has 1 nitrogen and oxygen atoms in total. The quantitative estimate of drug-likeness (QED) is 0.310. The van der Waals surface area contributed by atoms with E-state index in [0.717, 1.165) is 6.61 Å². The van der Waals surface area contributed by atoms with Crippen LogP contribution in [0.15, 0.2) is 0 Å². The van der Waals surface area contributed by atoms with Crippen LogP contribution in [0.25, 0.3) is 0 Å². The molecule has 17 heavy (non-hydrogen) atoms. The molecule has 0 aliphatic carbocycles. The first-order chi connectivity index (χ1) is 8.35. The average Bonchev–Trinajstić information content (AvgIpc) is 2.35. The van der Waals surface area contributed by atoms with Crippen LogP contribution in [0.2, 0.25) is 12.1 Å². The Bertz CT molecular complexity index is 127. The molecule has 0 saturated heterocycles. The lowest BCUT2D eigenvalue weighted by atomic mass is 10.2. The van der Waals surface area contributed by atoms with Crippen LogP contribution in [0.5, 0.6) is 0 Å². The van der Waals surface area contributed by atoms with Crippen LogP contribution in [-0.2, 0) is 4.43 Å². The SMILES string of the molecule is CCCCCC[Si](CCCCCC)OCCC. The van der Waals surface area contributed by atoms with Crippen molar-refractivity contribution in [1.29, 1.82) is 0 Å². The third-order valence-corrected chi connectivity index (χ3v) is 5.56. The molecular weight excluding hydrogens is 224 g/mol. The molecule has 0 aromatic heterocycles. The summed E-state index contributed by atoms with van der Waals surface area (Å²) < 4.78 is 6.05. The molecule has 0 heterocycles. The van der Waals surface area contributed by atoms with Crippen LogP contribution in [0.1, 0.15) is 78.6 Å². The van der Waals surface area contributed by atoms with E-state index in [1.165, 1.54) is 69.9 Å². The van der Waals surface area contributed by atoms with E-state index in [1.54, 1.807) is 0 Å². The van der Waals surface area contributed by atoms with Gasteiger partial charge in [-0.25, -0.2) is 0 Å². The standard InChI is InChI=1S/C15H33OSi/c1-4-7-9-11-14-17(16-13-6-3)15-12-10-8-5-2/h4-15H2,1-3H3. The molecule has 0 rings (SSSR count). The molecule has 0 fully saturated rings. The summed E-state index contributed by atoms with van der Waals surface area (Å²) in [5, 5.41) is 0. The van der Waals surface area contributed by atoms with Crippen molar-refractivity contribution in [3.05, 3.63) is 0 Å². The molecule has 0 saturated carbocycles. The largest absolute Gasteiger partial charge is 0.417 e. The molecule has 0 aliphatic rings. The zero-order valence-corrected chi connectivity index (χ0v) is 13.4. The van der Waals surface area contributed by atoms with Crippen molar-refractivity contribution in [2.24, 2.45) is 0 Å². The lowest BCUT2D eigenvalue weighted by Crippen LogP contribution is -2.18. The Kier molecular flexibility index (Phi) is 14.4. The van der Waals surface area contributed by atoms with Gasteiger partial charge < -0.3 is 4.43 Å². The highest BCUT2D eigenvalue weighted by Crippen LogP contribution is 2.14. The van der Waals surface area contributed by atoms with Gasteiger partial charge in [-0.05, 0) is 18.5 Å². The fourth-order valence-corrected chi connectivity index (χ4v) is 4.33. The Hall–Kier alpha value is 0.177. The first-order valence-electron chi connectivity index (χ1n) is 7.82. The number of hydrogen-bond acceptors (Lipinski definition) is 1. The summed E-state index contributed by atoms with van der Waals surface area (Å²) in [7, 11) is -0.468. The van der Waals surface area contributed by atoms with Gasteiger partial charge in [0.25, 0.3) is 0 Å². The van der Waals surface area contributed by atoms with E-state index in [-0.39, 0.29) is 0 Å². The second-order valence-electron chi connectivity index (χ2n) is 5.01. The van der Waals surface area contributed by atoms with Crippen LogP contribution in [0.4, 0.5) is 0 Å². The fourth-order valence-electron chi connectivity index (χ4n) is 2.01. The lowest BCUT2D eigenvalue weighted by Gasteiger charge is -2.14. The van der Waals surface area contributed by atoms with Crippen molar-refractivity contribution < 1.29 is 4.43 Å². The molecule has 0 aromatic rings. The second kappa shape index (κ2) is 14.2. The molecule has 0 aliphatic heterocycles. The Morgan fingerprint density at radius 1 is 0.647 bits per heavy atom. The summed E-state index contributed by atoms with van der Waals surface area (Å²) in [6, 6.07) is 2.77. The van der Waals surface area contributed by atoms with E-state index in [0.29, 0.717) is 0 Å². The van der Waals surface area contributed by atoms with Crippen molar-refractivity contribution in [2.45, 2.75) is 90.6 Å². The van der Waals surface area contributed by atoms with Gasteiger partial charge in [-0.2, -0.15) is 0 Å². The summed E-state index contributed by atoms with van der Waals surface area (Å²) in [5.74, 6) is 0. The molecule has 1 radical (unpaired) electrons. The number of rotatable bonds is 13. The Labute approximate surface area is 111 Å². The van der Waals surface area contributed by atoms with E-state index < -0.39 is 9.04 Å². The summed E-state index contributed by atoms with van der Waals surface area (Å²) in [6.07, 6.45) is 12.3. The Balaban J connectivity index is 3.56. The molecule has 0 bridgehead atoms. The maximum atomic E-state index is 6.05. The van der Waals surface area contributed by atoms with Gasteiger partial charge in [0.05, 0.1) is 0 Å². The number of hydrogen-bond donors (Lipinski definition) is 0. The van der Waals surface area contributed by atoms with Crippen molar-refractivity contribution in [3.8, 4) is 0 Å². The maximum absolute atomic E-state index is 6.05. The van der Waals surface area contributed by atoms with Crippen LogP contribution in [0.3, 0.4) is 0 Å². The first-order valence-corrected chi connectivity index (χ1v) is 9.64. The maximum Gasteiger partial charge on any atom is 0.211 e. The van der Waals surface area contributed by atoms with E-state index in [2.05, 4.69) is 20.8 Å². The minimum absolute atomic E-state index is 0.468. The van der Waals surface area contributed by atoms with Crippen molar-refractivity contribution in [3.63, 3.8) is 0 Å². The highest BCUT2D eigenvalue weighted by Gasteiger charge is 2.11. The monoisotopic (exact) mass is 257 g/mol. The normalized spacial score (nSPS) is 11.3. The summed E-state index contributed by atoms with van der Waals surface area (Å²) in [6.45, 7) is 7.78. The van der Waals surface area contributed by atoms with Gasteiger partial charge in [0.1, 0.15) is 0 Å². The highest BCUT2D eigenvalue weighted by atomic mass is 28.3. The zero-order chi connectivity index (χ0) is 12.8. The fraction of sp³-hybridized carbons (Fsp3) is 1.00. The molecule has 0 amide bonds. The smallest absolute Gasteiger partial charge is 0.211 e. The van der Waals surface area contributed by atoms with Crippen LogP contribution in [-0.4, -0.2) is 15.6 Å². The van der Waals surface area contributed by atoms with E-state index >= 15 is 0 Å². The third kappa shape index (κ3) is 12.4. The van der Waals surface area contributed by atoms with Crippen LogP contribution < -0.4 is 0 Å². The topological polar surface area (TPSA) is 9.23 Å². The first kappa shape index (κ1) is 17.2. The van der Waals surface area contributed by atoms with Gasteiger partial charge in [0.2, 0.25) is 9.04 Å². The predicted octanol–water partition coefficient (Wildman–Crippen LogP) is 5.57. The van der Waals surface area contributed by atoms with Crippen LogP contribution in [0, 0.1) is 0 Å². The molecule has 0 N–H and O–H groups in total. The van der Waals surface area contributed by atoms with E-state index in [4.69, 9.17) is 4.43 Å².